The van der Waals surface area contributed by atoms with Gasteiger partial charge in [0.1, 0.15) is 18.1 Å². The quantitative estimate of drug-likeness (QED) is 0.823. The van der Waals surface area contributed by atoms with Gasteiger partial charge < -0.3 is 19.0 Å². The molecular formula is C12H18O5. The summed E-state index contributed by atoms with van der Waals surface area (Å²) < 4.78 is 15.5. The second-order valence-electron chi connectivity index (χ2n) is 4.37. The lowest BCUT2D eigenvalue weighted by atomic mass is 9.84. The summed E-state index contributed by atoms with van der Waals surface area (Å²) in [7, 11) is 2.95. The summed E-state index contributed by atoms with van der Waals surface area (Å²) in [6.07, 6.45) is -0.955. The summed E-state index contributed by atoms with van der Waals surface area (Å²) in [5, 5.41) is 9.09. The fraction of sp³-hybridized carbons (Fsp3) is 0.583. The lowest BCUT2D eigenvalue weighted by Gasteiger charge is -2.28. The number of methoxy groups -OCH3 is 2. The third-order valence-corrected chi connectivity index (χ3v) is 2.70. The number of aliphatic carboxylic acids is 1. The second kappa shape index (κ2) is 5.33. The SMILES string of the molecule is COCc1ccc(C(C)(C)C(OC)C(=O)O)o1. The minimum absolute atomic E-state index is 0.362. The average molecular weight is 242 g/mol. The molecule has 0 aliphatic heterocycles. The maximum Gasteiger partial charge on any atom is 0.333 e. The molecule has 1 rings (SSSR count). The van der Waals surface area contributed by atoms with Gasteiger partial charge in [0.2, 0.25) is 0 Å². The van der Waals surface area contributed by atoms with Crippen molar-refractivity contribution in [1.29, 1.82) is 0 Å². The Bertz CT molecular complexity index is 380. The third kappa shape index (κ3) is 2.87. The highest BCUT2D eigenvalue weighted by Gasteiger charge is 2.39. The van der Waals surface area contributed by atoms with Crippen molar-refractivity contribution in [3.05, 3.63) is 23.7 Å². The van der Waals surface area contributed by atoms with Crippen molar-refractivity contribution >= 4 is 5.97 Å². The molecule has 0 radical (unpaired) electrons. The molecule has 1 heterocycles. The molecular weight excluding hydrogens is 224 g/mol. The van der Waals surface area contributed by atoms with Gasteiger partial charge in [-0.25, -0.2) is 4.79 Å². The second-order valence-corrected chi connectivity index (χ2v) is 4.37. The smallest absolute Gasteiger partial charge is 0.333 e. The van der Waals surface area contributed by atoms with Crippen molar-refractivity contribution in [1.82, 2.24) is 0 Å². The van der Waals surface area contributed by atoms with Crippen LogP contribution in [0.25, 0.3) is 0 Å². The number of hydrogen-bond donors (Lipinski definition) is 1. The molecule has 0 aromatic carbocycles. The van der Waals surface area contributed by atoms with Gasteiger partial charge in [0.15, 0.2) is 6.10 Å². The summed E-state index contributed by atoms with van der Waals surface area (Å²) in [6, 6.07) is 3.53. The first-order valence-electron chi connectivity index (χ1n) is 5.27. The average Bonchev–Trinajstić information content (AvgIpc) is 2.67. The van der Waals surface area contributed by atoms with Crippen LogP contribution >= 0.6 is 0 Å². The third-order valence-electron chi connectivity index (χ3n) is 2.70. The van der Waals surface area contributed by atoms with Gasteiger partial charge in [-0.05, 0) is 26.0 Å². The normalized spacial score (nSPS) is 13.6. The van der Waals surface area contributed by atoms with Gasteiger partial charge in [-0.1, -0.05) is 0 Å². The van der Waals surface area contributed by atoms with Crippen LogP contribution in [0.15, 0.2) is 16.5 Å². The van der Waals surface area contributed by atoms with Gasteiger partial charge in [-0.3, -0.25) is 0 Å². The molecule has 1 aromatic rings. The lowest BCUT2D eigenvalue weighted by molar-refractivity contribution is -0.153. The first-order chi connectivity index (χ1) is 7.93. The topological polar surface area (TPSA) is 68.9 Å². The largest absolute Gasteiger partial charge is 0.479 e. The van der Waals surface area contributed by atoms with Crippen molar-refractivity contribution in [3.63, 3.8) is 0 Å². The van der Waals surface area contributed by atoms with E-state index in [4.69, 9.17) is 19.0 Å². The van der Waals surface area contributed by atoms with Crippen LogP contribution in [0, 0.1) is 0 Å². The first-order valence-corrected chi connectivity index (χ1v) is 5.27. The Hall–Kier alpha value is -1.33. The fourth-order valence-corrected chi connectivity index (χ4v) is 1.78. The monoisotopic (exact) mass is 242 g/mol. The molecule has 17 heavy (non-hydrogen) atoms. The van der Waals surface area contributed by atoms with E-state index in [1.165, 1.54) is 7.11 Å². The van der Waals surface area contributed by atoms with Crippen LogP contribution in [0.5, 0.6) is 0 Å². The number of furan rings is 1. The van der Waals surface area contributed by atoms with Gasteiger partial charge in [0.05, 0.1) is 5.41 Å². The van der Waals surface area contributed by atoms with E-state index in [9.17, 15) is 4.79 Å². The standard InChI is InChI=1S/C12H18O5/c1-12(2,10(16-4)11(13)14)9-6-5-8(17-9)7-15-3/h5-6,10H,7H2,1-4H3,(H,13,14). The zero-order valence-corrected chi connectivity index (χ0v) is 10.5. The van der Waals surface area contributed by atoms with Gasteiger partial charge in [0.25, 0.3) is 0 Å². The number of carboxylic acids is 1. The Labute approximate surface area is 100 Å². The molecule has 5 nitrogen and oxygen atoms in total. The van der Waals surface area contributed by atoms with Crippen molar-refractivity contribution in [2.45, 2.75) is 32.0 Å². The molecule has 0 aliphatic rings. The van der Waals surface area contributed by atoms with E-state index in [-0.39, 0.29) is 0 Å². The van der Waals surface area contributed by atoms with Crippen LogP contribution in [0.4, 0.5) is 0 Å². The molecule has 1 atom stereocenters. The van der Waals surface area contributed by atoms with Crippen LogP contribution in [0.1, 0.15) is 25.4 Å². The van der Waals surface area contributed by atoms with Crippen LogP contribution in [0.3, 0.4) is 0 Å². The van der Waals surface area contributed by atoms with E-state index in [2.05, 4.69) is 0 Å². The van der Waals surface area contributed by atoms with Crippen LogP contribution in [-0.2, 0) is 26.3 Å². The maximum absolute atomic E-state index is 11.1. The van der Waals surface area contributed by atoms with Crippen molar-refractivity contribution in [2.24, 2.45) is 0 Å². The highest BCUT2D eigenvalue weighted by Crippen LogP contribution is 2.30. The Kier molecular flexibility index (Phi) is 4.31. The molecule has 1 aromatic heterocycles. The Morgan fingerprint density at radius 3 is 2.59 bits per heavy atom. The Morgan fingerprint density at radius 1 is 1.47 bits per heavy atom. The van der Waals surface area contributed by atoms with Crippen LogP contribution in [0.2, 0.25) is 0 Å². The zero-order valence-electron chi connectivity index (χ0n) is 10.5. The predicted octanol–water partition coefficient (Wildman–Crippen LogP) is 1.80. The molecule has 0 bridgehead atoms. The molecule has 0 aliphatic carbocycles. The molecule has 96 valence electrons. The van der Waals surface area contributed by atoms with Crippen molar-refractivity contribution < 1.29 is 23.8 Å². The van der Waals surface area contributed by atoms with Crippen molar-refractivity contribution in [3.8, 4) is 0 Å². The van der Waals surface area contributed by atoms with Crippen LogP contribution in [-0.4, -0.2) is 31.4 Å². The van der Waals surface area contributed by atoms with E-state index in [0.717, 1.165) is 0 Å². The molecule has 0 spiro atoms. The minimum Gasteiger partial charge on any atom is -0.479 e. The molecule has 0 fully saturated rings. The first kappa shape index (κ1) is 13.7. The van der Waals surface area contributed by atoms with E-state index >= 15 is 0 Å². The molecule has 0 saturated heterocycles. The molecule has 0 saturated carbocycles. The number of ether oxygens (including phenoxy) is 2. The highest BCUT2D eigenvalue weighted by molar-refractivity contribution is 5.74. The summed E-state index contributed by atoms with van der Waals surface area (Å²) in [4.78, 5) is 11.1. The van der Waals surface area contributed by atoms with Gasteiger partial charge in [-0.2, -0.15) is 0 Å². The minimum atomic E-state index is -1.01. The molecule has 1 unspecified atom stereocenters. The van der Waals surface area contributed by atoms with Gasteiger partial charge in [0, 0.05) is 14.2 Å². The van der Waals surface area contributed by atoms with E-state index in [1.54, 1.807) is 33.1 Å². The summed E-state index contributed by atoms with van der Waals surface area (Å²) in [5.74, 6) is 0.219. The summed E-state index contributed by atoms with van der Waals surface area (Å²) >= 11 is 0. The van der Waals surface area contributed by atoms with Crippen LogP contribution < -0.4 is 0 Å². The summed E-state index contributed by atoms with van der Waals surface area (Å²) in [5.41, 5.74) is -0.743. The van der Waals surface area contributed by atoms with E-state index < -0.39 is 17.5 Å². The Morgan fingerprint density at radius 2 is 2.12 bits per heavy atom. The molecule has 0 amide bonds. The number of carbonyl (C=O) groups is 1. The Balaban J connectivity index is 2.97. The fourth-order valence-electron chi connectivity index (χ4n) is 1.78. The highest BCUT2D eigenvalue weighted by atomic mass is 16.5. The molecule has 5 heteroatoms. The summed E-state index contributed by atoms with van der Waals surface area (Å²) in [6.45, 7) is 3.90. The number of rotatable bonds is 6. The zero-order chi connectivity index (χ0) is 13.1. The maximum atomic E-state index is 11.1. The lowest BCUT2D eigenvalue weighted by Crippen LogP contribution is -2.41. The molecule has 1 N–H and O–H groups in total. The number of carboxylic acid groups (broad SMARTS) is 1. The van der Waals surface area contributed by atoms with Gasteiger partial charge >= 0.3 is 5.97 Å². The van der Waals surface area contributed by atoms with Gasteiger partial charge in [-0.15, -0.1) is 0 Å². The van der Waals surface area contributed by atoms with E-state index in [0.29, 0.717) is 18.1 Å². The predicted molar refractivity (Wildman–Crippen MR) is 60.9 cm³/mol. The number of hydrogen-bond acceptors (Lipinski definition) is 4. The van der Waals surface area contributed by atoms with E-state index in [1.807, 2.05) is 0 Å². The van der Waals surface area contributed by atoms with Crippen molar-refractivity contribution in [2.75, 3.05) is 14.2 Å².